The maximum absolute atomic E-state index is 11.8. The fourth-order valence-electron chi connectivity index (χ4n) is 3.85. The zero-order valence-corrected chi connectivity index (χ0v) is 17.9. The Morgan fingerprint density at radius 3 is 2.88 bits per heavy atom. The third-order valence-corrected chi connectivity index (χ3v) is 5.33. The number of benzene rings is 1. The van der Waals surface area contributed by atoms with Gasteiger partial charge in [-0.1, -0.05) is 18.2 Å². The number of aliphatic imine (C=N–C) groups is 2. The molecule has 0 saturated carbocycles. The number of dihydropyridines is 1. The van der Waals surface area contributed by atoms with Gasteiger partial charge in [-0.3, -0.25) is 0 Å². The van der Waals surface area contributed by atoms with E-state index < -0.39 is 12.0 Å². The van der Waals surface area contributed by atoms with Crippen LogP contribution in [0.1, 0.15) is 11.1 Å². The fourth-order valence-corrected chi connectivity index (χ4v) is 3.85. The van der Waals surface area contributed by atoms with Crippen molar-refractivity contribution in [1.82, 2.24) is 15.5 Å². The number of methoxy groups -OCH3 is 1. The molecule has 0 spiro atoms. The lowest BCUT2D eigenvalue weighted by Gasteiger charge is -2.37. The minimum absolute atomic E-state index is 0.0843. The number of hydrogen-bond acceptors (Lipinski definition) is 9. The predicted molar refractivity (Wildman–Crippen MR) is 119 cm³/mol. The molecule has 3 aliphatic rings. The standard InChI is InChI=1S/C22H27N5O5/c1-31-13-14-3-2-4-15(11-14)18-20-19(26-22(25-18)27-6-9-32-10-7-27)16(23-5-8-28)12-17(24-20)21(29)30/h2-4,11-12,19,23,28H,5-10,13H2,1H3,(H,25,26)(H,29,30). The number of aliphatic hydroxyl groups excluding tert-OH is 1. The predicted octanol–water partition coefficient (Wildman–Crippen LogP) is 0.167. The first kappa shape index (κ1) is 22.0. The lowest BCUT2D eigenvalue weighted by Crippen LogP contribution is -2.54. The first-order valence-corrected chi connectivity index (χ1v) is 10.5. The van der Waals surface area contributed by atoms with E-state index in [9.17, 15) is 15.0 Å². The monoisotopic (exact) mass is 441 g/mol. The first-order chi connectivity index (χ1) is 15.6. The van der Waals surface area contributed by atoms with E-state index in [4.69, 9.17) is 14.5 Å². The fraction of sp³-hybridized carbons (Fsp3) is 0.409. The van der Waals surface area contributed by atoms with Crippen LogP contribution in [0.5, 0.6) is 0 Å². The van der Waals surface area contributed by atoms with Crippen LogP contribution in [-0.4, -0.2) is 85.4 Å². The van der Waals surface area contributed by atoms with Crippen molar-refractivity contribution in [2.24, 2.45) is 9.98 Å². The molecule has 1 saturated heterocycles. The molecule has 0 aliphatic carbocycles. The minimum atomic E-state index is -1.13. The summed E-state index contributed by atoms with van der Waals surface area (Å²) in [6, 6.07) is 7.36. The highest BCUT2D eigenvalue weighted by Crippen LogP contribution is 2.32. The van der Waals surface area contributed by atoms with Crippen molar-refractivity contribution in [3.8, 4) is 0 Å². The lowest BCUT2D eigenvalue weighted by atomic mass is 9.97. The maximum Gasteiger partial charge on any atom is 0.354 e. The molecule has 10 heteroatoms. The molecule has 0 aromatic heterocycles. The number of carbonyl (C=O) groups is 1. The second kappa shape index (κ2) is 9.94. The summed E-state index contributed by atoms with van der Waals surface area (Å²) in [6.45, 7) is 3.24. The van der Waals surface area contributed by atoms with Crippen molar-refractivity contribution < 1.29 is 24.5 Å². The average molecular weight is 441 g/mol. The third-order valence-electron chi connectivity index (χ3n) is 5.33. The van der Waals surface area contributed by atoms with Crippen LogP contribution in [0.15, 0.2) is 51.7 Å². The molecule has 1 aromatic rings. The largest absolute Gasteiger partial charge is 0.477 e. The number of guanidine groups is 1. The van der Waals surface area contributed by atoms with Gasteiger partial charge in [-0.2, -0.15) is 0 Å². The van der Waals surface area contributed by atoms with Crippen LogP contribution in [0, 0.1) is 0 Å². The van der Waals surface area contributed by atoms with Crippen molar-refractivity contribution in [1.29, 1.82) is 0 Å². The van der Waals surface area contributed by atoms with E-state index >= 15 is 0 Å². The van der Waals surface area contributed by atoms with Crippen molar-refractivity contribution in [2.75, 3.05) is 46.6 Å². The minimum Gasteiger partial charge on any atom is -0.477 e. The number of nitrogens with one attached hydrogen (secondary N) is 2. The second-order valence-electron chi connectivity index (χ2n) is 7.53. The molecule has 0 bridgehead atoms. The molecular formula is C22H27N5O5. The Hall–Kier alpha value is -3.21. The van der Waals surface area contributed by atoms with Gasteiger partial charge in [-0.15, -0.1) is 0 Å². The molecular weight excluding hydrogens is 414 g/mol. The van der Waals surface area contributed by atoms with Crippen LogP contribution in [0.2, 0.25) is 0 Å². The maximum atomic E-state index is 11.8. The number of carboxylic acids is 1. The Bertz CT molecular complexity index is 994. The number of fused-ring (bicyclic) bond motifs is 1. The SMILES string of the molecule is COCc1cccc(C2=C3N=C(C(=O)O)C=C(NCCO)C3NC(N3CCOCC3)=N2)c1. The number of ether oxygens (including phenoxy) is 2. The van der Waals surface area contributed by atoms with Crippen LogP contribution in [0.25, 0.3) is 5.70 Å². The highest BCUT2D eigenvalue weighted by atomic mass is 16.5. The number of carboxylic acid groups (broad SMARTS) is 1. The number of rotatable bonds is 7. The summed E-state index contributed by atoms with van der Waals surface area (Å²) in [5, 5.41) is 25.5. The van der Waals surface area contributed by atoms with E-state index in [1.807, 2.05) is 24.3 Å². The number of hydrogen-bond donors (Lipinski definition) is 4. The Morgan fingerprint density at radius 1 is 1.34 bits per heavy atom. The van der Waals surface area contributed by atoms with E-state index in [2.05, 4.69) is 20.5 Å². The smallest absolute Gasteiger partial charge is 0.354 e. The van der Waals surface area contributed by atoms with E-state index in [0.717, 1.165) is 11.1 Å². The molecule has 1 fully saturated rings. The summed E-state index contributed by atoms with van der Waals surface area (Å²) in [4.78, 5) is 23.2. The molecule has 0 amide bonds. The molecule has 4 N–H and O–H groups in total. The Morgan fingerprint density at radius 2 is 2.16 bits per heavy atom. The quantitative estimate of drug-likeness (QED) is 0.471. The van der Waals surface area contributed by atoms with Gasteiger partial charge in [0.2, 0.25) is 0 Å². The van der Waals surface area contributed by atoms with Crippen LogP contribution in [0.4, 0.5) is 0 Å². The van der Waals surface area contributed by atoms with Gasteiger partial charge in [0.15, 0.2) is 5.96 Å². The van der Waals surface area contributed by atoms with Crippen molar-refractivity contribution in [3.05, 3.63) is 52.9 Å². The van der Waals surface area contributed by atoms with Crippen molar-refractivity contribution >= 4 is 23.3 Å². The van der Waals surface area contributed by atoms with Gasteiger partial charge >= 0.3 is 5.97 Å². The van der Waals surface area contributed by atoms with Gasteiger partial charge in [0.05, 0.1) is 37.8 Å². The molecule has 4 rings (SSSR count). The molecule has 10 nitrogen and oxygen atoms in total. The Kier molecular flexibility index (Phi) is 6.84. The van der Waals surface area contributed by atoms with Crippen LogP contribution in [-0.2, 0) is 20.9 Å². The molecule has 1 aromatic carbocycles. The Labute approximate surface area is 186 Å². The van der Waals surface area contributed by atoms with Crippen molar-refractivity contribution in [2.45, 2.75) is 12.6 Å². The van der Waals surface area contributed by atoms with Gasteiger partial charge in [0.25, 0.3) is 0 Å². The van der Waals surface area contributed by atoms with Crippen LogP contribution < -0.4 is 10.6 Å². The summed E-state index contributed by atoms with van der Waals surface area (Å²) >= 11 is 0. The molecule has 3 aliphatic heterocycles. The normalized spacial score (nSPS) is 20.6. The highest BCUT2D eigenvalue weighted by molar-refractivity contribution is 6.41. The first-order valence-electron chi connectivity index (χ1n) is 10.5. The van der Waals surface area contributed by atoms with Gasteiger partial charge in [0.1, 0.15) is 11.8 Å². The number of aliphatic hydroxyl groups is 1. The van der Waals surface area contributed by atoms with E-state index in [1.54, 1.807) is 7.11 Å². The summed E-state index contributed by atoms with van der Waals surface area (Å²) in [7, 11) is 1.64. The summed E-state index contributed by atoms with van der Waals surface area (Å²) in [6.07, 6.45) is 1.50. The topological polar surface area (TPSA) is 128 Å². The van der Waals surface area contributed by atoms with Gasteiger partial charge in [-0.25, -0.2) is 14.8 Å². The van der Waals surface area contributed by atoms with Crippen LogP contribution >= 0.6 is 0 Å². The van der Waals surface area contributed by atoms with E-state index in [0.29, 0.717) is 56.0 Å². The van der Waals surface area contributed by atoms with Gasteiger partial charge in [-0.05, 0) is 17.7 Å². The summed E-state index contributed by atoms with van der Waals surface area (Å²) in [5.74, 6) is -0.449. The lowest BCUT2D eigenvalue weighted by molar-refractivity contribution is -0.129. The second-order valence-corrected chi connectivity index (χ2v) is 7.53. The molecule has 3 heterocycles. The van der Waals surface area contributed by atoms with Crippen molar-refractivity contribution in [3.63, 3.8) is 0 Å². The summed E-state index contributed by atoms with van der Waals surface area (Å²) in [5.41, 5.74) is 3.44. The summed E-state index contributed by atoms with van der Waals surface area (Å²) < 4.78 is 10.7. The van der Waals surface area contributed by atoms with Gasteiger partial charge < -0.3 is 35.2 Å². The third kappa shape index (κ3) is 4.67. The molecule has 170 valence electrons. The zero-order chi connectivity index (χ0) is 22.5. The molecule has 32 heavy (non-hydrogen) atoms. The number of nitrogens with zero attached hydrogens (tertiary/aromatic N) is 3. The molecule has 1 atom stereocenters. The number of aliphatic carboxylic acids is 1. The zero-order valence-electron chi connectivity index (χ0n) is 17.9. The highest BCUT2D eigenvalue weighted by Gasteiger charge is 2.34. The Balaban J connectivity index is 1.84. The van der Waals surface area contributed by atoms with Crippen LogP contribution in [0.3, 0.4) is 0 Å². The molecule has 1 unspecified atom stereocenters. The number of morpholine rings is 1. The van der Waals surface area contributed by atoms with E-state index in [1.165, 1.54) is 6.08 Å². The van der Waals surface area contributed by atoms with Gasteiger partial charge in [0, 0.05) is 38.0 Å². The average Bonchev–Trinajstić information content (AvgIpc) is 2.82. The molecule has 0 radical (unpaired) electrons. The van der Waals surface area contributed by atoms with E-state index in [-0.39, 0.29) is 18.9 Å².